The minimum Gasteiger partial charge on any atom is -0.353 e. The SMILES string of the molecule is CCCCCCOC(CCCCCCCCCC=CC(OCC)OC(C=CCCCCCCCCCC(OCCCCCC)OCCCCCC)OCC)OCCCCCC. The summed E-state index contributed by atoms with van der Waals surface area (Å²) in [6.07, 6.45) is 49.5. The number of hydrogen-bond acceptors (Lipinski definition) is 7. The fourth-order valence-electron chi connectivity index (χ4n) is 7.47. The first kappa shape index (κ1) is 60.2. The average molecular weight is 867 g/mol. The van der Waals surface area contributed by atoms with Crippen molar-refractivity contribution < 1.29 is 33.2 Å². The second-order valence-corrected chi connectivity index (χ2v) is 17.3. The molecule has 0 N–H and O–H groups in total. The van der Waals surface area contributed by atoms with E-state index >= 15 is 0 Å². The molecule has 0 aliphatic rings. The van der Waals surface area contributed by atoms with Gasteiger partial charge in [0.15, 0.2) is 25.2 Å². The van der Waals surface area contributed by atoms with Crippen molar-refractivity contribution in [3.63, 3.8) is 0 Å². The van der Waals surface area contributed by atoms with E-state index in [1.54, 1.807) is 0 Å². The van der Waals surface area contributed by atoms with E-state index in [-0.39, 0.29) is 25.2 Å². The molecular weight excluding hydrogens is 761 g/mol. The molecule has 7 heteroatoms. The summed E-state index contributed by atoms with van der Waals surface area (Å²) >= 11 is 0. The van der Waals surface area contributed by atoms with Crippen molar-refractivity contribution in [1.82, 2.24) is 0 Å². The molecule has 0 aliphatic carbocycles. The van der Waals surface area contributed by atoms with Crippen molar-refractivity contribution in [2.24, 2.45) is 0 Å². The highest BCUT2D eigenvalue weighted by Crippen LogP contribution is 2.17. The monoisotopic (exact) mass is 867 g/mol. The predicted molar refractivity (Wildman–Crippen MR) is 261 cm³/mol. The number of unbranched alkanes of at least 4 members (excludes halogenated alkanes) is 26. The smallest absolute Gasteiger partial charge is 0.180 e. The maximum Gasteiger partial charge on any atom is 0.180 e. The summed E-state index contributed by atoms with van der Waals surface area (Å²) in [7, 11) is 0. The Morgan fingerprint density at radius 3 is 0.869 bits per heavy atom. The van der Waals surface area contributed by atoms with Crippen molar-refractivity contribution >= 4 is 0 Å². The molecule has 0 aliphatic heterocycles. The third kappa shape index (κ3) is 45.6. The van der Waals surface area contributed by atoms with Crippen molar-refractivity contribution in [1.29, 1.82) is 0 Å². The molecule has 0 heterocycles. The van der Waals surface area contributed by atoms with E-state index < -0.39 is 0 Å². The van der Waals surface area contributed by atoms with Crippen molar-refractivity contribution in [2.45, 2.75) is 285 Å². The average Bonchev–Trinajstić information content (AvgIpc) is 3.26. The Morgan fingerprint density at radius 1 is 0.295 bits per heavy atom. The molecule has 0 aromatic carbocycles. The Kier molecular flexibility index (Phi) is 51.2. The molecule has 0 bridgehead atoms. The van der Waals surface area contributed by atoms with Crippen molar-refractivity contribution in [3.8, 4) is 0 Å². The molecule has 2 unspecified atom stereocenters. The van der Waals surface area contributed by atoms with Gasteiger partial charge in [0.1, 0.15) is 0 Å². The number of ether oxygens (including phenoxy) is 7. The second kappa shape index (κ2) is 51.8. The molecule has 0 rings (SSSR count). The van der Waals surface area contributed by atoms with Gasteiger partial charge >= 0.3 is 0 Å². The molecule has 0 amide bonds. The van der Waals surface area contributed by atoms with E-state index in [2.05, 4.69) is 52.0 Å². The highest BCUT2D eigenvalue weighted by Gasteiger charge is 2.13. The lowest BCUT2D eigenvalue weighted by Crippen LogP contribution is -2.24. The van der Waals surface area contributed by atoms with Crippen molar-refractivity contribution in [2.75, 3.05) is 39.6 Å². The van der Waals surface area contributed by atoms with E-state index in [0.29, 0.717) is 13.2 Å². The molecular formula is C54H106O7. The van der Waals surface area contributed by atoms with Crippen LogP contribution in [0.4, 0.5) is 0 Å². The zero-order chi connectivity index (χ0) is 44.4. The van der Waals surface area contributed by atoms with E-state index in [1.165, 1.54) is 167 Å². The lowest BCUT2D eigenvalue weighted by Gasteiger charge is -2.20. The van der Waals surface area contributed by atoms with Gasteiger partial charge in [0.25, 0.3) is 0 Å². The summed E-state index contributed by atoms with van der Waals surface area (Å²) in [5.41, 5.74) is 0. The van der Waals surface area contributed by atoms with E-state index in [0.717, 1.165) is 77.8 Å². The summed E-state index contributed by atoms with van der Waals surface area (Å²) in [5, 5.41) is 0. The van der Waals surface area contributed by atoms with Crippen LogP contribution in [0.3, 0.4) is 0 Å². The van der Waals surface area contributed by atoms with Gasteiger partial charge in [0.2, 0.25) is 0 Å². The first-order valence-electron chi connectivity index (χ1n) is 26.8. The zero-order valence-corrected chi connectivity index (χ0v) is 41.8. The van der Waals surface area contributed by atoms with E-state index in [1.807, 2.05) is 13.8 Å². The molecule has 0 aromatic rings. The van der Waals surface area contributed by atoms with Gasteiger partial charge in [0.05, 0.1) is 0 Å². The van der Waals surface area contributed by atoms with Gasteiger partial charge in [-0.3, -0.25) is 0 Å². The molecule has 0 saturated heterocycles. The van der Waals surface area contributed by atoms with Crippen LogP contribution < -0.4 is 0 Å². The lowest BCUT2D eigenvalue weighted by molar-refractivity contribution is -0.204. The standard InChI is InChI=1S/C54H106O7/c1-7-13-17-39-47-57-51(58-48-40-18-14-8-2)43-35-31-27-23-21-25-29-33-37-45-53(55-11-5)61-54(56-12-6)46-38-34-30-26-22-24-28-32-36-44-52(59-49-41-19-15-9-3)60-50-42-20-16-10-4/h37-38,45-46,51-54H,7-36,39-44,47-50H2,1-6H3. The maximum atomic E-state index is 6.22. The first-order valence-corrected chi connectivity index (χ1v) is 26.8. The Bertz CT molecular complexity index is 770. The fourth-order valence-corrected chi connectivity index (χ4v) is 7.47. The Labute approximate surface area is 380 Å². The van der Waals surface area contributed by atoms with Crippen LogP contribution in [0.5, 0.6) is 0 Å². The van der Waals surface area contributed by atoms with Crippen molar-refractivity contribution in [3.05, 3.63) is 24.3 Å². The Hall–Kier alpha value is -0.800. The number of hydrogen-bond donors (Lipinski definition) is 0. The Balaban J connectivity index is 4.22. The summed E-state index contributed by atoms with van der Waals surface area (Å²) in [4.78, 5) is 0. The molecule has 2 atom stereocenters. The summed E-state index contributed by atoms with van der Waals surface area (Å²) < 4.78 is 42.7. The van der Waals surface area contributed by atoms with Crippen LogP contribution in [-0.4, -0.2) is 64.8 Å². The van der Waals surface area contributed by atoms with Gasteiger partial charge in [-0.25, -0.2) is 0 Å². The second-order valence-electron chi connectivity index (χ2n) is 17.3. The van der Waals surface area contributed by atoms with Crippen LogP contribution >= 0.6 is 0 Å². The van der Waals surface area contributed by atoms with Gasteiger partial charge in [-0.15, -0.1) is 0 Å². The summed E-state index contributed by atoms with van der Waals surface area (Å²) in [6.45, 7) is 17.6. The van der Waals surface area contributed by atoms with Gasteiger partial charge in [-0.2, -0.15) is 0 Å². The van der Waals surface area contributed by atoms with Gasteiger partial charge in [-0.1, -0.05) is 181 Å². The van der Waals surface area contributed by atoms with E-state index in [9.17, 15) is 0 Å². The highest BCUT2D eigenvalue weighted by atomic mass is 16.8. The topological polar surface area (TPSA) is 64.6 Å². The molecule has 364 valence electrons. The minimum atomic E-state index is -0.388. The number of rotatable bonds is 52. The van der Waals surface area contributed by atoms with Gasteiger partial charge in [-0.05, 0) is 103 Å². The van der Waals surface area contributed by atoms with Crippen LogP contribution in [0.1, 0.15) is 260 Å². The summed E-state index contributed by atoms with van der Waals surface area (Å²) in [5.74, 6) is 0. The zero-order valence-electron chi connectivity index (χ0n) is 41.8. The van der Waals surface area contributed by atoms with Crippen LogP contribution in [0.25, 0.3) is 0 Å². The largest absolute Gasteiger partial charge is 0.353 e. The molecule has 0 fully saturated rings. The molecule has 0 saturated carbocycles. The Morgan fingerprint density at radius 2 is 0.574 bits per heavy atom. The minimum absolute atomic E-state index is 0.0130. The normalized spacial score (nSPS) is 13.2. The predicted octanol–water partition coefficient (Wildman–Crippen LogP) is 16.9. The third-order valence-electron chi connectivity index (χ3n) is 11.3. The van der Waals surface area contributed by atoms with Crippen LogP contribution in [0, 0.1) is 0 Å². The summed E-state index contributed by atoms with van der Waals surface area (Å²) in [6, 6.07) is 0. The van der Waals surface area contributed by atoms with Crippen LogP contribution in [-0.2, 0) is 33.2 Å². The maximum absolute atomic E-state index is 6.22. The molecule has 7 nitrogen and oxygen atoms in total. The lowest BCUT2D eigenvalue weighted by atomic mass is 10.1. The quantitative estimate of drug-likeness (QED) is 0.0343. The van der Waals surface area contributed by atoms with Crippen LogP contribution in [0.15, 0.2) is 24.3 Å². The van der Waals surface area contributed by atoms with Gasteiger partial charge in [0, 0.05) is 39.6 Å². The number of allylic oxidation sites excluding steroid dienone is 2. The first-order chi connectivity index (χ1) is 30.1. The molecule has 0 aromatic heterocycles. The van der Waals surface area contributed by atoms with Gasteiger partial charge < -0.3 is 33.2 Å². The fraction of sp³-hybridized carbons (Fsp3) is 0.926. The van der Waals surface area contributed by atoms with E-state index in [4.69, 9.17) is 33.2 Å². The highest BCUT2D eigenvalue weighted by molar-refractivity contribution is 4.89. The third-order valence-corrected chi connectivity index (χ3v) is 11.3. The molecule has 61 heavy (non-hydrogen) atoms. The molecule has 0 radical (unpaired) electrons. The molecule has 0 spiro atoms. The van der Waals surface area contributed by atoms with Crippen LogP contribution in [0.2, 0.25) is 0 Å².